The monoisotopic (exact) mass is 145 g/mol. The Morgan fingerprint density at radius 1 is 1.30 bits per heavy atom. The number of carbonyl (C=O) groups is 2. The molecule has 58 valence electrons. The Morgan fingerprint density at radius 2 is 1.70 bits per heavy atom. The molecule has 2 atom stereocenters. The van der Waals surface area contributed by atoms with Crippen molar-refractivity contribution >= 4 is 11.9 Å². The standard InChI is InChI=1S/C6H11NO3/c1-3(5(7)8)4(2)6(9)10/h3-4H,1-2H3,(H2,7,8)(H,9,10)/t3-,4-/m1/s1. The van der Waals surface area contributed by atoms with Crippen molar-refractivity contribution < 1.29 is 14.7 Å². The fraction of sp³-hybridized carbons (Fsp3) is 0.667. The maximum atomic E-state index is 10.4. The summed E-state index contributed by atoms with van der Waals surface area (Å²) >= 11 is 0. The molecule has 10 heavy (non-hydrogen) atoms. The highest BCUT2D eigenvalue weighted by Crippen LogP contribution is 2.09. The number of rotatable bonds is 3. The Morgan fingerprint density at radius 3 is 1.80 bits per heavy atom. The minimum Gasteiger partial charge on any atom is -0.481 e. The van der Waals surface area contributed by atoms with Crippen LogP contribution in [-0.4, -0.2) is 17.0 Å². The van der Waals surface area contributed by atoms with E-state index < -0.39 is 23.7 Å². The number of carboxylic acids is 1. The fourth-order valence-corrected chi connectivity index (χ4v) is 0.460. The van der Waals surface area contributed by atoms with Crippen molar-refractivity contribution in [3.05, 3.63) is 0 Å². The molecular weight excluding hydrogens is 134 g/mol. The molecule has 0 aromatic carbocycles. The quantitative estimate of drug-likeness (QED) is 0.578. The van der Waals surface area contributed by atoms with Crippen molar-refractivity contribution in [3.8, 4) is 0 Å². The average molecular weight is 145 g/mol. The zero-order valence-electron chi connectivity index (χ0n) is 6.00. The van der Waals surface area contributed by atoms with Crippen molar-refractivity contribution in [1.29, 1.82) is 0 Å². The van der Waals surface area contributed by atoms with E-state index in [9.17, 15) is 9.59 Å². The van der Waals surface area contributed by atoms with Gasteiger partial charge in [0.15, 0.2) is 0 Å². The van der Waals surface area contributed by atoms with Gasteiger partial charge in [0, 0.05) is 5.92 Å². The third kappa shape index (κ3) is 2.05. The van der Waals surface area contributed by atoms with Crippen LogP contribution in [0.15, 0.2) is 0 Å². The lowest BCUT2D eigenvalue weighted by molar-refractivity contribution is -0.145. The van der Waals surface area contributed by atoms with Crippen molar-refractivity contribution in [2.24, 2.45) is 17.6 Å². The van der Waals surface area contributed by atoms with Crippen LogP contribution in [0.5, 0.6) is 0 Å². The van der Waals surface area contributed by atoms with E-state index in [2.05, 4.69) is 0 Å². The molecule has 0 fully saturated rings. The van der Waals surface area contributed by atoms with E-state index >= 15 is 0 Å². The largest absolute Gasteiger partial charge is 0.481 e. The fourth-order valence-electron chi connectivity index (χ4n) is 0.460. The molecular formula is C6H11NO3. The maximum absolute atomic E-state index is 10.4. The molecule has 0 aliphatic carbocycles. The predicted molar refractivity (Wildman–Crippen MR) is 35.2 cm³/mol. The zero-order chi connectivity index (χ0) is 8.31. The van der Waals surface area contributed by atoms with Crippen molar-refractivity contribution in [1.82, 2.24) is 0 Å². The van der Waals surface area contributed by atoms with Gasteiger partial charge in [-0.05, 0) is 0 Å². The van der Waals surface area contributed by atoms with E-state index in [0.717, 1.165) is 0 Å². The number of carbonyl (C=O) groups excluding carboxylic acids is 1. The first kappa shape index (κ1) is 8.94. The Hall–Kier alpha value is -1.06. The second kappa shape index (κ2) is 3.20. The molecule has 4 heteroatoms. The molecule has 4 nitrogen and oxygen atoms in total. The first-order valence-electron chi connectivity index (χ1n) is 2.99. The Kier molecular flexibility index (Phi) is 2.86. The zero-order valence-corrected chi connectivity index (χ0v) is 6.00. The van der Waals surface area contributed by atoms with Crippen LogP contribution < -0.4 is 5.73 Å². The number of aliphatic carboxylic acids is 1. The first-order chi connectivity index (χ1) is 4.46. The van der Waals surface area contributed by atoms with Gasteiger partial charge < -0.3 is 10.8 Å². The molecule has 0 aliphatic rings. The maximum Gasteiger partial charge on any atom is 0.307 e. The van der Waals surface area contributed by atoms with E-state index in [1.54, 1.807) is 0 Å². The molecule has 0 saturated heterocycles. The molecule has 0 bridgehead atoms. The average Bonchev–Trinajstić information content (AvgIpc) is 1.84. The van der Waals surface area contributed by atoms with Crippen LogP contribution in [0.1, 0.15) is 13.8 Å². The Labute approximate surface area is 59.0 Å². The Bertz CT molecular complexity index is 137. The second-order valence-corrected chi connectivity index (χ2v) is 2.32. The lowest BCUT2D eigenvalue weighted by Gasteiger charge is -2.10. The summed E-state index contributed by atoms with van der Waals surface area (Å²) < 4.78 is 0. The van der Waals surface area contributed by atoms with Gasteiger partial charge in [-0.2, -0.15) is 0 Å². The lowest BCUT2D eigenvalue weighted by atomic mass is 9.96. The van der Waals surface area contributed by atoms with Crippen molar-refractivity contribution in [2.75, 3.05) is 0 Å². The summed E-state index contributed by atoms with van der Waals surface area (Å²) in [5.74, 6) is -2.86. The molecule has 0 rings (SSSR count). The van der Waals surface area contributed by atoms with E-state index in [-0.39, 0.29) is 0 Å². The summed E-state index contributed by atoms with van der Waals surface area (Å²) in [4.78, 5) is 20.6. The summed E-state index contributed by atoms with van der Waals surface area (Å²) in [6.45, 7) is 2.96. The van der Waals surface area contributed by atoms with Gasteiger partial charge in [0.2, 0.25) is 5.91 Å². The van der Waals surface area contributed by atoms with Gasteiger partial charge in [0.1, 0.15) is 0 Å². The number of primary amides is 1. The van der Waals surface area contributed by atoms with Gasteiger partial charge in [0.05, 0.1) is 5.92 Å². The van der Waals surface area contributed by atoms with E-state index in [0.29, 0.717) is 0 Å². The molecule has 3 N–H and O–H groups in total. The van der Waals surface area contributed by atoms with Crippen LogP contribution in [0, 0.1) is 11.8 Å². The molecule has 0 unspecified atom stereocenters. The normalized spacial score (nSPS) is 15.8. The van der Waals surface area contributed by atoms with E-state index in [1.165, 1.54) is 13.8 Å². The summed E-state index contributed by atoms with van der Waals surface area (Å²) in [6.07, 6.45) is 0. The minimum atomic E-state index is -0.994. The van der Waals surface area contributed by atoms with E-state index in [4.69, 9.17) is 10.8 Å². The molecule has 0 radical (unpaired) electrons. The smallest absolute Gasteiger partial charge is 0.307 e. The van der Waals surface area contributed by atoms with Gasteiger partial charge in [-0.25, -0.2) is 0 Å². The summed E-state index contributed by atoms with van der Waals surface area (Å²) in [6, 6.07) is 0. The molecule has 0 heterocycles. The van der Waals surface area contributed by atoms with Crippen LogP contribution >= 0.6 is 0 Å². The summed E-state index contributed by atoms with van der Waals surface area (Å²) in [5.41, 5.74) is 4.87. The van der Waals surface area contributed by atoms with Crippen LogP contribution in [-0.2, 0) is 9.59 Å². The van der Waals surface area contributed by atoms with Crippen LogP contribution in [0.4, 0.5) is 0 Å². The van der Waals surface area contributed by atoms with Crippen molar-refractivity contribution in [2.45, 2.75) is 13.8 Å². The van der Waals surface area contributed by atoms with Gasteiger partial charge >= 0.3 is 5.97 Å². The topological polar surface area (TPSA) is 80.4 Å². The van der Waals surface area contributed by atoms with E-state index in [1.807, 2.05) is 0 Å². The van der Waals surface area contributed by atoms with Crippen LogP contribution in [0.2, 0.25) is 0 Å². The van der Waals surface area contributed by atoms with Gasteiger partial charge in [-0.15, -0.1) is 0 Å². The minimum absolute atomic E-state index is 0.574. The first-order valence-corrected chi connectivity index (χ1v) is 2.99. The number of carboxylic acid groups (broad SMARTS) is 1. The van der Waals surface area contributed by atoms with Gasteiger partial charge in [-0.3, -0.25) is 9.59 Å². The summed E-state index contributed by atoms with van der Waals surface area (Å²) in [5, 5.41) is 8.39. The third-order valence-electron chi connectivity index (χ3n) is 1.59. The lowest BCUT2D eigenvalue weighted by Crippen LogP contribution is -2.30. The van der Waals surface area contributed by atoms with Crippen LogP contribution in [0.25, 0.3) is 0 Å². The SMILES string of the molecule is C[C@@H](C(N)=O)[C@@H](C)C(=O)O. The van der Waals surface area contributed by atoms with Crippen LogP contribution in [0.3, 0.4) is 0 Å². The molecule has 0 saturated carbocycles. The highest BCUT2D eigenvalue weighted by Gasteiger charge is 2.23. The van der Waals surface area contributed by atoms with Crippen molar-refractivity contribution in [3.63, 3.8) is 0 Å². The highest BCUT2D eigenvalue weighted by atomic mass is 16.4. The highest BCUT2D eigenvalue weighted by molar-refractivity contribution is 5.82. The molecule has 0 spiro atoms. The summed E-state index contributed by atoms with van der Waals surface area (Å²) in [7, 11) is 0. The second-order valence-electron chi connectivity index (χ2n) is 2.32. The molecule has 0 aromatic rings. The third-order valence-corrected chi connectivity index (χ3v) is 1.59. The van der Waals surface area contributed by atoms with Gasteiger partial charge in [-0.1, -0.05) is 13.8 Å². The number of nitrogens with two attached hydrogens (primary N) is 1. The molecule has 0 aromatic heterocycles. The van der Waals surface area contributed by atoms with Gasteiger partial charge in [0.25, 0.3) is 0 Å². The number of hydrogen-bond acceptors (Lipinski definition) is 2. The number of amides is 1. The predicted octanol–water partition coefficient (Wildman–Crippen LogP) is -0.172. The number of hydrogen-bond donors (Lipinski definition) is 2. The molecule has 0 aliphatic heterocycles. The molecule has 1 amide bonds. The Balaban J connectivity index is 4.07.